The fourth-order valence-corrected chi connectivity index (χ4v) is 2.20. The predicted molar refractivity (Wildman–Crippen MR) is 90.9 cm³/mol. The number of anilines is 1. The summed E-state index contributed by atoms with van der Waals surface area (Å²) in [7, 11) is 0. The highest BCUT2D eigenvalue weighted by Gasteiger charge is 2.06. The molecule has 0 aliphatic carbocycles. The van der Waals surface area contributed by atoms with Crippen LogP contribution in [0, 0.1) is 13.8 Å². The van der Waals surface area contributed by atoms with Gasteiger partial charge in [0, 0.05) is 12.6 Å². The Morgan fingerprint density at radius 3 is 2.78 bits per heavy atom. The molecule has 0 spiro atoms. The van der Waals surface area contributed by atoms with Gasteiger partial charge in [0.05, 0.1) is 11.4 Å². The molecule has 6 heteroatoms. The molecule has 0 radical (unpaired) electrons. The molecule has 0 saturated heterocycles. The van der Waals surface area contributed by atoms with E-state index in [1.165, 1.54) is 5.56 Å². The number of tetrazole rings is 1. The minimum atomic E-state index is 0.541. The van der Waals surface area contributed by atoms with Crippen molar-refractivity contribution in [1.82, 2.24) is 20.2 Å². The maximum atomic E-state index is 4.27. The summed E-state index contributed by atoms with van der Waals surface area (Å²) >= 11 is 0. The van der Waals surface area contributed by atoms with Gasteiger partial charge in [-0.25, -0.2) is 0 Å². The van der Waals surface area contributed by atoms with Crippen LogP contribution in [0.4, 0.5) is 5.69 Å². The number of hydrogen-bond acceptors (Lipinski definition) is 5. The molecule has 3 rings (SSSR count). The minimum absolute atomic E-state index is 0.541. The molecule has 23 heavy (non-hydrogen) atoms. The Labute approximate surface area is 134 Å². The molecule has 2 aromatic carbocycles. The van der Waals surface area contributed by atoms with E-state index in [2.05, 4.69) is 51.2 Å². The first-order valence-corrected chi connectivity index (χ1v) is 7.41. The van der Waals surface area contributed by atoms with Crippen molar-refractivity contribution in [3.05, 3.63) is 65.5 Å². The molecule has 0 atom stereocenters. The van der Waals surface area contributed by atoms with E-state index in [1.54, 1.807) is 10.9 Å². The Bertz CT molecular complexity index is 807. The van der Waals surface area contributed by atoms with Crippen LogP contribution >= 0.6 is 0 Å². The number of benzene rings is 2. The maximum Gasteiger partial charge on any atom is 0.162 e. The van der Waals surface area contributed by atoms with Crippen LogP contribution in [0.25, 0.3) is 5.69 Å². The van der Waals surface area contributed by atoms with Gasteiger partial charge in [-0.05, 0) is 53.6 Å². The van der Waals surface area contributed by atoms with E-state index >= 15 is 0 Å². The van der Waals surface area contributed by atoms with Gasteiger partial charge in [-0.3, -0.25) is 5.43 Å². The zero-order chi connectivity index (χ0) is 16.1. The van der Waals surface area contributed by atoms with Crippen molar-refractivity contribution in [2.75, 3.05) is 5.43 Å². The van der Waals surface area contributed by atoms with Gasteiger partial charge in [0.1, 0.15) is 0 Å². The van der Waals surface area contributed by atoms with Crippen LogP contribution in [0.3, 0.4) is 0 Å². The molecule has 0 saturated carbocycles. The first kappa shape index (κ1) is 14.9. The summed E-state index contributed by atoms with van der Waals surface area (Å²) in [5.74, 6) is 0.739. The third-order valence-corrected chi connectivity index (χ3v) is 3.48. The highest BCUT2D eigenvalue weighted by molar-refractivity contribution is 5.63. The molecule has 1 aromatic heterocycles. The number of hydrogen-bond donors (Lipinski definition) is 1. The number of hydrazone groups is 1. The summed E-state index contributed by atoms with van der Waals surface area (Å²) < 4.78 is 1.71. The molecule has 3 aromatic rings. The standard InChI is InChI=1S/C17H18N6/c1-13-8-9-14(2)16(12-13)19-18-11-10-17-20-21-22-23(17)15-6-4-3-5-7-15/h3-9,11-12,19H,10H2,1-2H3/b18-11-. The van der Waals surface area contributed by atoms with Gasteiger partial charge >= 0.3 is 0 Å². The Morgan fingerprint density at radius 2 is 1.96 bits per heavy atom. The lowest BCUT2D eigenvalue weighted by atomic mass is 10.1. The van der Waals surface area contributed by atoms with Crippen molar-refractivity contribution in [2.24, 2.45) is 5.10 Å². The third-order valence-electron chi connectivity index (χ3n) is 3.48. The lowest BCUT2D eigenvalue weighted by molar-refractivity contribution is 0.776. The summed E-state index contributed by atoms with van der Waals surface area (Å²) in [6.07, 6.45) is 2.31. The van der Waals surface area contributed by atoms with Crippen LogP contribution in [-0.2, 0) is 6.42 Å². The maximum absolute atomic E-state index is 4.27. The summed E-state index contributed by atoms with van der Waals surface area (Å²) in [4.78, 5) is 0. The lowest BCUT2D eigenvalue weighted by Crippen LogP contribution is -2.04. The SMILES string of the molecule is Cc1ccc(C)c(N/N=C\Cc2nnnn2-c2ccccc2)c1. The van der Waals surface area contributed by atoms with Crippen molar-refractivity contribution in [3.8, 4) is 5.69 Å². The monoisotopic (exact) mass is 306 g/mol. The van der Waals surface area contributed by atoms with Gasteiger partial charge in [-0.15, -0.1) is 5.10 Å². The highest BCUT2D eigenvalue weighted by atomic mass is 15.5. The second-order valence-electron chi connectivity index (χ2n) is 5.29. The number of rotatable bonds is 5. The summed E-state index contributed by atoms with van der Waals surface area (Å²) in [5.41, 5.74) is 7.35. The quantitative estimate of drug-likeness (QED) is 0.581. The molecular formula is C17H18N6. The third kappa shape index (κ3) is 3.60. The number of para-hydroxylation sites is 1. The zero-order valence-corrected chi connectivity index (χ0v) is 13.1. The van der Waals surface area contributed by atoms with Crippen molar-refractivity contribution in [2.45, 2.75) is 20.3 Å². The van der Waals surface area contributed by atoms with E-state index < -0.39 is 0 Å². The van der Waals surface area contributed by atoms with Gasteiger partial charge < -0.3 is 0 Å². The van der Waals surface area contributed by atoms with E-state index in [0.717, 1.165) is 22.8 Å². The zero-order valence-electron chi connectivity index (χ0n) is 13.1. The molecule has 0 aliphatic rings. The van der Waals surface area contributed by atoms with E-state index in [-0.39, 0.29) is 0 Å². The van der Waals surface area contributed by atoms with Crippen LogP contribution < -0.4 is 5.43 Å². The summed E-state index contributed by atoms with van der Waals surface area (Å²) in [6.45, 7) is 4.11. The molecule has 0 unspecified atom stereocenters. The van der Waals surface area contributed by atoms with Crippen LogP contribution in [0.2, 0.25) is 0 Å². The average molecular weight is 306 g/mol. The smallest absolute Gasteiger partial charge is 0.162 e. The predicted octanol–water partition coefficient (Wildman–Crippen LogP) is 2.92. The van der Waals surface area contributed by atoms with E-state index in [0.29, 0.717) is 6.42 Å². The largest absolute Gasteiger partial charge is 0.279 e. The van der Waals surface area contributed by atoms with Crippen molar-refractivity contribution in [1.29, 1.82) is 0 Å². The first-order chi connectivity index (χ1) is 11.2. The minimum Gasteiger partial charge on any atom is -0.279 e. The van der Waals surface area contributed by atoms with E-state index in [4.69, 9.17) is 0 Å². The number of aryl methyl sites for hydroxylation is 2. The highest BCUT2D eigenvalue weighted by Crippen LogP contribution is 2.16. The molecule has 1 heterocycles. The second-order valence-corrected chi connectivity index (χ2v) is 5.29. The molecule has 1 N–H and O–H groups in total. The van der Waals surface area contributed by atoms with E-state index in [9.17, 15) is 0 Å². The molecule has 116 valence electrons. The topological polar surface area (TPSA) is 68.0 Å². The van der Waals surface area contributed by atoms with Crippen LogP contribution in [0.1, 0.15) is 17.0 Å². The number of nitrogens with zero attached hydrogens (tertiary/aromatic N) is 5. The summed E-state index contributed by atoms with van der Waals surface area (Å²) in [5, 5.41) is 16.1. The van der Waals surface area contributed by atoms with Gasteiger partial charge in [-0.2, -0.15) is 9.78 Å². The van der Waals surface area contributed by atoms with Crippen LogP contribution in [0.5, 0.6) is 0 Å². The van der Waals surface area contributed by atoms with Crippen LogP contribution in [0.15, 0.2) is 53.6 Å². The Hall–Kier alpha value is -3.02. The number of nitrogens with one attached hydrogen (secondary N) is 1. The van der Waals surface area contributed by atoms with Crippen molar-refractivity contribution >= 4 is 11.9 Å². The molecule has 0 aliphatic heterocycles. The molecule has 0 bridgehead atoms. The Morgan fingerprint density at radius 1 is 1.13 bits per heavy atom. The Kier molecular flexibility index (Phi) is 4.42. The lowest BCUT2D eigenvalue weighted by Gasteiger charge is -2.05. The molecule has 0 fully saturated rings. The first-order valence-electron chi connectivity index (χ1n) is 7.41. The second kappa shape index (κ2) is 6.83. The van der Waals surface area contributed by atoms with Gasteiger partial charge in [0.2, 0.25) is 0 Å². The van der Waals surface area contributed by atoms with Gasteiger partial charge in [0.15, 0.2) is 5.82 Å². The summed E-state index contributed by atoms with van der Waals surface area (Å²) in [6, 6.07) is 16.0. The fraction of sp³-hybridized carbons (Fsp3) is 0.176. The molecule has 6 nitrogen and oxygen atoms in total. The fourth-order valence-electron chi connectivity index (χ4n) is 2.20. The van der Waals surface area contributed by atoms with Crippen molar-refractivity contribution in [3.63, 3.8) is 0 Å². The molecular weight excluding hydrogens is 288 g/mol. The average Bonchev–Trinajstić information content (AvgIpc) is 3.04. The van der Waals surface area contributed by atoms with Crippen LogP contribution in [-0.4, -0.2) is 26.4 Å². The van der Waals surface area contributed by atoms with Gasteiger partial charge in [-0.1, -0.05) is 30.3 Å². The molecule has 0 amide bonds. The number of aromatic nitrogens is 4. The van der Waals surface area contributed by atoms with E-state index in [1.807, 2.05) is 37.3 Å². The normalized spacial score (nSPS) is 11.0. The Balaban J connectivity index is 1.67. The van der Waals surface area contributed by atoms with Crippen molar-refractivity contribution < 1.29 is 0 Å². The van der Waals surface area contributed by atoms with Gasteiger partial charge in [0.25, 0.3) is 0 Å².